The predicted octanol–water partition coefficient (Wildman–Crippen LogP) is 5.12. The van der Waals surface area contributed by atoms with Gasteiger partial charge in [-0.15, -0.1) is 35.3 Å². The molecule has 2 N–H and O–H groups in total. The fraction of sp³-hybridized carbons (Fsp3) is 0.565. The Morgan fingerprint density at radius 1 is 1.26 bits per heavy atom. The second-order valence-corrected chi connectivity index (χ2v) is 8.80. The second-order valence-electron chi connectivity index (χ2n) is 7.91. The number of nitrogens with zero attached hydrogens (tertiary/aromatic N) is 2. The zero-order valence-corrected chi connectivity index (χ0v) is 22.1. The Morgan fingerprint density at radius 2 is 2.03 bits per heavy atom. The minimum atomic E-state index is 0. The van der Waals surface area contributed by atoms with Crippen molar-refractivity contribution in [1.82, 2.24) is 15.6 Å². The van der Waals surface area contributed by atoms with Gasteiger partial charge in [-0.3, -0.25) is 4.99 Å². The summed E-state index contributed by atoms with van der Waals surface area (Å²) in [6.07, 6.45) is 5.86. The molecular formula is C23H35IN4O2S. The first-order chi connectivity index (χ1) is 14.6. The number of ether oxygens (including phenoxy) is 2. The molecule has 172 valence electrons. The molecule has 1 saturated carbocycles. The van der Waals surface area contributed by atoms with Crippen molar-refractivity contribution in [2.24, 2.45) is 4.99 Å². The smallest absolute Gasteiger partial charge is 0.191 e. The van der Waals surface area contributed by atoms with Crippen molar-refractivity contribution in [1.29, 1.82) is 0 Å². The Labute approximate surface area is 207 Å². The van der Waals surface area contributed by atoms with E-state index < -0.39 is 0 Å². The van der Waals surface area contributed by atoms with E-state index in [0.717, 1.165) is 54.5 Å². The third-order valence-corrected chi connectivity index (χ3v) is 6.47. The maximum Gasteiger partial charge on any atom is 0.191 e. The van der Waals surface area contributed by atoms with E-state index in [1.54, 1.807) is 25.5 Å². The van der Waals surface area contributed by atoms with Gasteiger partial charge in [0.15, 0.2) is 17.5 Å². The summed E-state index contributed by atoms with van der Waals surface area (Å²) in [5.74, 6) is 2.88. The highest BCUT2D eigenvalue weighted by Gasteiger charge is 2.20. The van der Waals surface area contributed by atoms with Crippen molar-refractivity contribution >= 4 is 41.3 Å². The Balaban J connectivity index is 0.00000341. The van der Waals surface area contributed by atoms with Gasteiger partial charge in [0.2, 0.25) is 0 Å². The number of nitrogens with one attached hydrogen (secondary N) is 2. The number of para-hydroxylation sites is 1. The summed E-state index contributed by atoms with van der Waals surface area (Å²) in [4.78, 5) is 9.04. The molecule has 1 aromatic heterocycles. The molecule has 1 aliphatic carbocycles. The van der Waals surface area contributed by atoms with E-state index in [2.05, 4.69) is 40.9 Å². The number of benzene rings is 1. The predicted molar refractivity (Wildman–Crippen MR) is 139 cm³/mol. The minimum Gasteiger partial charge on any atom is -0.493 e. The van der Waals surface area contributed by atoms with E-state index in [1.165, 1.54) is 17.8 Å². The highest BCUT2D eigenvalue weighted by Crippen LogP contribution is 2.34. The lowest BCUT2D eigenvalue weighted by Gasteiger charge is -2.20. The molecule has 0 aliphatic heterocycles. The van der Waals surface area contributed by atoms with Crippen molar-refractivity contribution in [3.63, 3.8) is 0 Å². The molecule has 0 atom stereocenters. The molecule has 2 aromatic rings. The van der Waals surface area contributed by atoms with Crippen LogP contribution in [0.3, 0.4) is 0 Å². The van der Waals surface area contributed by atoms with E-state index >= 15 is 0 Å². The summed E-state index contributed by atoms with van der Waals surface area (Å²) >= 11 is 1.74. The van der Waals surface area contributed by atoms with Crippen LogP contribution in [-0.4, -0.2) is 37.7 Å². The second kappa shape index (κ2) is 13.1. The molecule has 1 aromatic carbocycles. The number of aromatic nitrogens is 1. The Hall–Kier alpha value is -1.55. The lowest BCUT2D eigenvalue weighted by Crippen LogP contribution is -2.38. The van der Waals surface area contributed by atoms with Crippen LogP contribution >= 0.6 is 35.3 Å². The van der Waals surface area contributed by atoms with Crippen molar-refractivity contribution in [3.05, 3.63) is 39.8 Å². The largest absolute Gasteiger partial charge is 0.493 e. The van der Waals surface area contributed by atoms with Crippen LogP contribution in [0.15, 0.2) is 28.6 Å². The fourth-order valence-corrected chi connectivity index (χ4v) is 4.45. The van der Waals surface area contributed by atoms with E-state index in [1.807, 2.05) is 12.1 Å². The van der Waals surface area contributed by atoms with Gasteiger partial charge in [-0.2, -0.15) is 0 Å². The van der Waals surface area contributed by atoms with Crippen LogP contribution in [0.1, 0.15) is 61.7 Å². The molecule has 1 fully saturated rings. The molecule has 0 amide bonds. The van der Waals surface area contributed by atoms with Gasteiger partial charge >= 0.3 is 0 Å². The number of rotatable bonds is 9. The standard InChI is InChI=1S/C23H34N4O2S.HI/c1-16(2)22-27-18(15-30-22)12-13-25-23(24-3)26-14-17-8-7-11-20(28-4)21(17)29-19-9-5-6-10-19;/h7-8,11,15-16,19H,5-6,9-10,12-14H2,1-4H3,(H2,24,25,26);1H. The van der Waals surface area contributed by atoms with Crippen LogP contribution in [0.4, 0.5) is 0 Å². The number of thiazole rings is 1. The van der Waals surface area contributed by atoms with E-state index in [0.29, 0.717) is 12.5 Å². The minimum absolute atomic E-state index is 0. The maximum atomic E-state index is 6.32. The average Bonchev–Trinajstić information content (AvgIpc) is 3.43. The maximum absolute atomic E-state index is 6.32. The number of halogens is 1. The van der Waals surface area contributed by atoms with Crippen LogP contribution in [-0.2, 0) is 13.0 Å². The Bertz CT molecular complexity index is 835. The SMILES string of the molecule is CN=C(NCCc1csc(C(C)C)n1)NCc1cccc(OC)c1OC1CCCC1.I. The van der Waals surface area contributed by atoms with Crippen LogP contribution < -0.4 is 20.1 Å². The molecule has 0 saturated heterocycles. The van der Waals surface area contributed by atoms with Crippen LogP contribution in [0.2, 0.25) is 0 Å². The lowest BCUT2D eigenvalue weighted by atomic mass is 10.1. The molecule has 1 heterocycles. The van der Waals surface area contributed by atoms with E-state index in [4.69, 9.17) is 14.5 Å². The summed E-state index contributed by atoms with van der Waals surface area (Å²) in [6.45, 7) is 5.75. The van der Waals surface area contributed by atoms with Gasteiger partial charge in [0.1, 0.15) is 0 Å². The molecule has 8 heteroatoms. The first kappa shape index (κ1) is 25.7. The van der Waals surface area contributed by atoms with Gasteiger partial charge in [-0.05, 0) is 31.7 Å². The fourth-order valence-electron chi connectivity index (χ4n) is 3.58. The average molecular weight is 559 g/mol. The summed E-state index contributed by atoms with van der Waals surface area (Å²) in [5.41, 5.74) is 2.21. The van der Waals surface area contributed by atoms with Gasteiger partial charge in [-0.25, -0.2) is 4.98 Å². The zero-order valence-electron chi connectivity index (χ0n) is 18.9. The third-order valence-electron chi connectivity index (χ3n) is 5.27. The summed E-state index contributed by atoms with van der Waals surface area (Å²) in [5, 5.41) is 10.1. The van der Waals surface area contributed by atoms with Crippen molar-refractivity contribution in [2.75, 3.05) is 20.7 Å². The number of guanidine groups is 1. The molecule has 0 unspecified atom stereocenters. The molecule has 3 rings (SSSR count). The lowest BCUT2D eigenvalue weighted by molar-refractivity contribution is 0.198. The Kier molecular flexibility index (Phi) is 10.9. The number of methoxy groups -OCH3 is 1. The Morgan fingerprint density at radius 3 is 2.68 bits per heavy atom. The summed E-state index contributed by atoms with van der Waals surface area (Å²) < 4.78 is 11.9. The molecule has 31 heavy (non-hydrogen) atoms. The third kappa shape index (κ3) is 7.52. The highest BCUT2D eigenvalue weighted by molar-refractivity contribution is 14.0. The molecule has 0 bridgehead atoms. The zero-order chi connectivity index (χ0) is 21.3. The van der Waals surface area contributed by atoms with Gasteiger partial charge in [-0.1, -0.05) is 26.0 Å². The van der Waals surface area contributed by atoms with E-state index in [-0.39, 0.29) is 30.1 Å². The highest BCUT2D eigenvalue weighted by atomic mass is 127. The molecule has 6 nitrogen and oxygen atoms in total. The van der Waals surface area contributed by atoms with Gasteiger partial charge in [0.25, 0.3) is 0 Å². The summed E-state index contributed by atoms with van der Waals surface area (Å²) in [6, 6.07) is 6.04. The van der Waals surface area contributed by atoms with E-state index in [9.17, 15) is 0 Å². The normalized spacial score (nSPS) is 14.4. The van der Waals surface area contributed by atoms with Crippen molar-refractivity contribution in [3.8, 4) is 11.5 Å². The number of hydrogen-bond donors (Lipinski definition) is 2. The van der Waals surface area contributed by atoms with Crippen molar-refractivity contribution in [2.45, 2.75) is 64.5 Å². The topological polar surface area (TPSA) is 67.8 Å². The first-order valence-corrected chi connectivity index (χ1v) is 11.7. The van der Waals surface area contributed by atoms with Crippen LogP contribution in [0.25, 0.3) is 0 Å². The number of aliphatic imine (C=N–C) groups is 1. The first-order valence-electron chi connectivity index (χ1n) is 10.8. The summed E-state index contributed by atoms with van der Waals surface area (Å²) in [7, 11) is 3.48. The van der Waals surface area contributed by atoms with Crippen LogP contribution in [0, 0.1) is 0 Å². The molecule has 0 radical (unpaired) electrons. The quantitative estimate of drug-likeness (QED) is 0.254. The van der Waals surface area contributed by atoms with Gasteiger partial charge < -0.3 is 20.1 Å². The monoisotopic (exact) mass is 558 g/mol. The molecule has 0 spiro atoms. The number of hydrogen-bond acceptors (Lipinski definition) is 5. The van der Waals surface area contributed by atoms with Gasteiger partial charge in [0.05, 0.1) is 23.9 Å². The van der Waals surface area contributed by atoms with Crippen LogP contribution in [0.5, 0.6) is 11.5 Å². The molecule has 1 aliphatic rings. The van der Waals surface area contributed by atoms with Crippen molar-refractivity contribution < 1.29 is 9.47 Å². The molecular weight excluding hydrogens is 523 g/mol. The van der Waals surface area contributed by atoms with Gasteiger partial charge in [0, 0.05) is 43.4 Å².